The number of carbonyl (C=O) groups is 2. The van der Waals surface area contributed by atoms with Crippen molar-refractivity contribution in [1.82, 2.24) is 5.32 Å². The highest BCUT2D eigenvalue weighted by molar-refractivity contribution is 5.76. The molecule has 0 saturated carbocycles. The van der Waals surface area contributed by atoms with Gasteiger partial charge in [0, 0.05) is 12.8 Å². The molecule has 512 valence electrons. The van der Waals surface area contributed by atoms with Gasteiger partial charge in [-0.3, -0.25) is 9.59 Å². The van der Waals surface area contributed by atoms with Crippen LogP contribution >= 0.6 is 0 Å². The van der Waals surface area contributed by atoms with Crippen LogP contribution in [0.3, 0.4) is 0 Å². The van der Waals surface area contributed by atoms with E-state index in [1.807, 2.05) is 0 Å². The van der Waals surface area contributed by atoms with Crippen molar-refractivity contribution in [2.24, 2.45) is 0 Å². The molecule has 3 N–H and O–H groups in total. The molecule has 0 radical (unpaired) electrons. The molecule has 0 heterocycles. The quantitative estimate of drug-likeness (QED) is 0.0320. The van der Waals surface area contributed by atoms with Crippen LogP contribution in [-0.4, -0.2) is 47.4 Å². The molecule has 0 aromatic carbocycles. The summed E-state index contributed by atoms with van der Waals surface area (Å²) >= 11 is 0. The number of nitrogens with one attached hydrogen (secondary N) is 1. The van der Waals surface area contributed by atoms with Gasteiger partial charge in [0.15, 0.2) is 0 Å². The third-order valence-corrected chi connectivity index (χ3v) is 19.1. The Morgan fingerprint density at radius 1 is 0.314 bits per heavy atom. The lowest BCUT2D eigenvalue weighted by molar-refractivity contribution is -0.143. The summed E-state index contributed by atoms with van der Waals surface area (Å²) in [6, 6.07) is -0.539. The van der Waals surface area contributed by atoms with Gasteiger partial charge in [0.1, 0.15) is 0 Å². The number of aliphatic hydroxyl groups is 2. The SMILES string of the molecule is CCCCCCC/C=C\CCCCCCCC(=O)OCCCCCCCCCCCCCCCCCCCCCCCCCCCCCCCCCCC(=O)NC(CO)C(O)CCCCCCCCCCCCCCCCCCCCCCCCC. The number of rotatable bonds is 76. The zero-order valence-corrected chi connectivity index (χ0v) is 58.8. The second-order valence-electron chi connectivity index (χ2n) is 27.8. The topological polar surface area (TPSA) is 95.9 Å². The number of amides is 1. The highest BCUT2D eigenvalue weighted by Crippen LogP contribution is 2.20. The van der Waals surface area contributed by atoms with Crippen molar-refractivity contribution in [1.29, 1.82) is 0 Å². The van der Waals surface area contributed by atoms with E-state index in [4.69, 9.17) is 4.74 Å². The lowest BCUT2D eigenvalue weighted by Crippen LogP contribution is -2.45. The fourth-order valence-corrected chi connectivity index (χ4v) is 13.0. The van der Waals surface area contributed by atoms with Gasteiger partial charge in [-0.05, 0) is 51.4 Å². The summed E-state index contributed by atoms with van der Waals surface area (Å²) in [6.07, 6.45) is 95.9. The molecule has 2 atom stereocenters. The first-order valence-electron chi connectivity index (χ1n) is 39.9. The van der Waals surface area contributed by atoms with Crippen molar-refractivity contribution in [3.63, 3.8) is 0 Å². The van der Waals surface area contributed by atoms with Crippen molar-refractivity contribution >= 4 is 11.9 Å². The molecule has 0 bridgehead atoms. The average Bonchev–Trinajstić information content (AvgIpc) is 3.54. The molecule has 0 aromatic heterocycles. The highest BCUT2D eigenvalue weighted by atomic mass is 16.5. The Bertz CT molecular complexity index is 1300. The molecule has 0 aliphatic rings. The van der Waals surface area contributed by atoms with E-state index in [0.717, 1.165) is 44.9 Å². The van der Waals surface area contributed by atoms with Crippen molar-refractivity contribution in [2.75, 3.05) is 13.2 Å². The summed E-state index contributed by atoms with van der Waals surface area (Å²) in [6.45, 7) is 5.00. The Balaban J connectivity index is 3.32. The van der Waals surface area contributed by atoms with Gasteiger partial charge in [-0.1, -0.05) is 411 Å². The Morgan fingerprint density at radius 2 is 0.547 bits per heavy atom. The maximum absolute atomic E-state index is 12.6. The second-order valence-corrected chi connectivity index (χ2v) is 27.8. The van der Waals surface area contributed by atoms with Gasteiger partial charge < -0.3 is 20.3 Å². The molecule has 6 nitrogen and oxygen atoms in total. The normalized spacial score (nSPS) is 12.5. The third-order valence-electron chi connectivity index (χ3n) is 19.1. The van der Waals surface area contributed by atoms with Gasteiger partial charge in [0.25, 0.3) is 0 Å². The van der Waals surface area contributed by atoms with E-state index in [2.05, 4.69) is 31.3 Å². The van der Waals surface area contributed by atoms with Crippen molar-refractivity contribution in [3.05, 3.63) is 12.2 Å². The maximum Gasteiger partial charge on any atom is 0.305 e. The molecule has 0 saturated heterocycles. The van der Waals surface area contributed by atoms with E-state index < -0.39 is 12.1 Å². The fourth-order valence-electron chi connectivity index (χ4n) is 13.0. The van der Waals surface area contributed by atoms with Gasteiger partial charge in [0.05, 0.1) is 25.4 Å². The lowest BCUT2D eigenvalue weighted by atomic mass is 10.0. The molecular formula is C80H157NO5. The van der Waals surface area contributed by atoms with Gasteiger partial charge in [-0.2, -0.15) is 0 Å². The summed E-state index contributed by atoms with van der Waals surface area (Å²) in [5, 5.41) is 23.5. The van der Waals surface area contributed by atoms with Crippen LogP contribution in [0.1, 0.15) is 463 Å². The van der Waals surface area contributed by atoms with Gasteiger partial charge in [-0.25, -0.2) is 0 Å². The molecule has 0 aliphatic carbocycles. The van der Waals surface area contributed by atoms with E-state index in [9.17, 15) is 19.8 Å². The van der Waals surface area contributed by atoms with E-state index in [1.54, 1.807) is 0 Å². The summed E-state index contributed by atoms with van der Waals surface area (Å²) in [5.74, 6) is -0.0105. The van der Waals surface area contributed by atoms with Crippen molar-refractivity contribution < 1.29 is 24.5 Å². The zero-order chi connectivity index (χ0) is 62.0. The summed E-state index contributed by atoms with van der Waals surface area (Å²) in [7, 11) is 0. The minimum Gasteiger partial charge on any atom is -0.466 e. The van der Waals surface area contributed by atoms with E-state index in [-0.39, 0.29) is 18.5 Å². The minimum atomic E-state index is -0.662. The fraction of sp³-hybridized carbons (Fsp3) is 0.950. The predicted molar refractivity (Wildman–Crippen MR) is 380 cm³/mol. The number of hydrogen-bond donors (Lipinski definition) is 3. The third kappa shape index (κ3) is 71.7. The van der Waals surface area contributed by atoms with E-state index >= 15 is 0 Å². The van der Waals surface area contributed by atoms with Crippen molar-refractivity contribution in [3.8, 4) is 0 Å². The standard InChI is InChI=1S/C80H157NO5/c1-3-5-7-9-11-13-15-17-19-20-21-22-33-36-39-42-45-48-52-56-60-64-68-72-78(83)77(76-82)81-79(84)73-69-65-61-57-53-49-46-43-40-37-34-31-29-27-25-23-24-26-28-30-32-35-38-41-44-47-51-55-59-63-67-71-75-86-80(85)74-70-66-62-58-54-50-18-16-14-12-10-8-6-4-2/h16,18,77-78,82-83H,3-15,17,19-76H2,1-2H3,(H,81,84)/b18-16-. The predicted octanol–water partition coefficient (Wildman–Crippen LogP) is 26.3. The van der Waals surface area contributed by atoms with Crippen LogP contribution in [0.5, 0.6) is 0 Å². The Hall–Kier alpha value is -1.40. The lowest BCUT2D eigenvalue weighted by Gasteiger charge is -2.22. The first-order valence-corrected chi connectivity index (χ1v) is 39.9. The summed E-state index contributed by atoms with van der Waals surface area (Å²) < 4.78 is 5.49. The van der Waals surface area contributed by atoms with Gasteiger partial charge in [0.2, 0.25) is 5.91 Å². The zero-order valence-electron chi connectivity index (χ0n) is 58.8. The molecule has 1 amide bonds. The maximum atomic E-state index is 12.6. The molecule has 6 heteroatoms. The second kappa shape index (κ2) is 76.1. The van der Waals surface area contributed by atoms with Crippen LogP contribution < -0.4 is 5.32 Å². The van der Waals surface area contributed by atoms with E-state index in [1.165, 1.54) is 385 Å². The van der Waals surface area contributed by atoms with Gasteiger partial charge in [-0.15, -0.1) is 0 Å². The number of carbonyl (C=O) groups excluding carboxylic acids is 2. The largest absolute Gasteiger partial charge is 0.466 e. The highest BCUT2D eigenvalue weighted by Gasteiger charge is 2.20. The van der Waals surface area contributed by atoms with Crippen LogP contribution in [0.25, 0.3) is 0 Å². The number of aliphatic hydroxyl groups excluding tert-OH is 2. The number of allylic oxidation sites excluding steroid dienone is 2. The molecule has 2 unspecified atom stereocenters. The average molecular weight is 1210 g/mol. The van der Waals surface area contributed by atoms with Gasteiger partial charge >= 0.3 is 5.97 Å². The molecule has 0 spiro atoms. The molecular weight excluding hydrogens is 1050 g/mol. The molecule has 0 rings (SSSR count). The van der Waals surface area contributed by atoms with Crippen LogP contribution in [0.2, 0.25) is 0 Å². The van der Waals surface area contributed by atoms with Crippen LogP contribution in [0, 0.1) is 0 Å². The monoisotopic (exact) mass is 1210 g/mol. The first kappa shape index (κ1) is 84.6. The van der Waals surface area contributed by atoms with Crippen LogP contribution in [-0.2, 0) is 14.3 Å². The molecule has 0 aromatic rings. The Kier molecular flexibility index (Phi) is 74.8. The van der Waals surface area contributed by atoms with Crippen LogP contribution in [0.15, 0.2) is 12.2 Å². The number of unbranched alkanes of at least 4 members (excludes halogenated alkanes) is 63. The Labute approximate surface area is 539 Å². The Morgan fingerprint density at radius 3 is 0.826 bits per heavy atom. The number of hydrogen-bond acceptors (Lipinski definition) is 5. The minimum absolute atomic E-state index is 0.0139. The molecule has 86 heavy (non-hydrogen) atoms. The molecule has 0 fully saturated rings. The number of esters is 1. The number of ether oxygens (including phenoxy) is 1. The first-order chi connectivity index (χ1) is 42.5. The van der Waals surface area contributed by atoms with Crippen molar-refractivity contribution in [2.45, 2.75) is 475 Å². The summed E-state index contributed by atoms with van der Waals surface area (Å²) in [4.78, 5) is 24.6. The summed E-state index contributed by atoms with van der Waals surface area (Å²) in [5.41, 5.74) is 0. The van der Waals surface area contributed by atoms with Crippen LogP contribution in [0.4, 0.5) is 0 Å². The smallest absolute Gasteiger partial charge is 0.305 e. The van der Waals surface area contributed by atoms with E-state index in [0.29, 0.717) is 25.9 Å². The molecule has 0 aliphatic heterocycles.